The number of Topliss-reactive ketones (excluding diaryl/α,β-unsaturated/α-hetero) is 1. The molecule has 180 valence electrons. The maximum absolute atomic E-state index is 13.3. The fraction of sp³-hybridized carbons (Fsp3) is 0.519. The molecule has 5 rings (SSSR count). The number of fused-ring (bicyclic) bond motifs is 1. The van der Waals surface area contributed by atoms with Crippen LogP contribution in [0.2, 0.25) is 0 Å². The molecule has 1 aliphatic carbocycles. The van der Waals surface area contributed by atoms with E-state index in [1.165, 1.54) is 25.0 Å². The van der Waals surface area contributed by atoms with Crippen molar-refractivity contribution in [2.45, 2.75) is 50.9 Å². The number of aromatic nitrogens is 1. The lowest BCUT2D eigenvalue weighted by Gasteiger charge is -2.37. The van der Waals surface area contributed by atoms with E-state index in [1.54, 1.807) is 18.4 Å². The third kappa shape index (κ3) is 4.96. The molecule has 6 nitrogen and oxygen atoms in total. The smallest absolute Gasteiger partial charge is 0.277 e. The second-order valence-corrected chi connectivity index (χ2v) is 10.5. The van der Waals surface area contributed by atoms with Crippen molar-refractivity contribution >= 4 is 23.0 Å². The lowest BCUT2D eigenvalue weighted by atomic mass is 9.85. The number of hydrogen-bond donors (Lipinski definition) is 0. The number of benzene rings is 1. The predicted octanol–water partition coefficient (Wildman–Crippen LogP) is 5.13. The number of ether oxygens (including phenoxy) is 1. The normalized spacial score (nSPS) is 21.6. The average molecular weight is 480 g/mol. The van der Waals surface area contributed by atoms with Gasteiger partial charge >= 0.3 is 0 Å². The summed E-state index contributed by atoms with van der Waals surface area (Å²) in [6, 6.07) is 7.32. The quantitative estimate of drug-likeness (QED) is 0.537. The summed E-state index contributed by atoms with van der Waals surface area (Å²) >= 11 is 1.62. The standard InChI is InChI=1S/C27H33N3O3S/c1-33-22-10-8-20(9-11-22)25(31)17-29-15-12-21(13-16-29)26-28-23(18-34-26)27(32)30-14-4-6-19-5-2-3-7-24(19)30/h7-11,18-19,21H,2-6,12-17H2,1H3. The lowest BCUT2D eigenvalue weighted by molar-refractivity contribution is 0.0743. The van der Waals surface area contributed by atoms with Crippen LogP contribution in [0.3, 0.4) is 0 Å². The summed E-state index contributed by atoms with van der Waals surface area (Å²) in [6.07, 6.45) is 10.0. The summed E-state index contributed by atoms with van der Waals surface area (Å²) in [7, 11) is 1.62. The molecule has 0 N–H and O–H groups in total. The Labute approximate surface area is 205 Å². The Morgan fingerprint density at radius 3 is 2.56 bits per heavy atom. The van der Waals surface area contributed by atoms with Gasteiger partial charge < -0.3 is 9.64 Å². The lowest BCUT2D eigenvalue weighted by Crippen LogP contribution is -2.39. The minimum atomic E-state index is 0.0721. The molecule has 3 heterocycles. The fourth-order valence-corrected chi connectivity index (χ4v) is 6.48. The van der Waals surface area contributed by atoms with Gasteiger partial charge in [0.05, 0.1) is 18.7 Å². The Bertz CT molecular complexity index is 1050. The van der Waals surface area contributed by atoms with Crippen molar-refractivity contribution in [2.75, 3.05) is 33.3 Å². The highest BCUT2D eigenvalue weighted by Crippen LogP contribution is 2.36. The van der Waals surface area contributed by atoms with Gasteiger partial charge in [-0.3, -0.25) is 14.5 Å². The molecule has 2 fully saturated rings. The van der Waals surface area contributed by atoms with Gasteiger partial charge in [-0.15, -0.1) is 11.3 Å². The molecule has 1 aromatic carbocycles. The van der Waals surface area contributed by atoms with Crippen molar-refractivity contribution in [3.05, 3.63) is 57.7 Å². The largest absolute Gasteiger partial charge is 0.497 e. The van der Waals surface area contributed by atoms with Crippen molar-refractivity contribution < 1.29 is 14.3 Å². The SMILES string of the molecule is COc1ccc(C(=O)CN2CCC(c3nc(C(=O)N4CCCC5CCCC=C54)cs3)CC2)cc1. The van der Waals surface area contributed by atoms with Crippen LogP contribution in [0, 0.1) is 5.92 Å². The van der Waals surface area contributed by atoms with Gasteiger partial charge in [0, 0.05) is 29.1 Å². The summed E-state index contributed by atoms with van der Waals surface area (Å²) in [5.74, 6) is 1.88. The number of hydrogen-bond acceptors (Lipinski definition) is 6. The zero-order valence-corrected chi connectivity index (χ0v) is 20.7. The molecule has 0 saturated carbocycles. The number of carbonyl (C=O) groups is 2. The first-order valence-electron chi connectivity index (χ1n) is 12.5. The molecule has 1 amide bonds. The van der Waals surface area contributed by atoms with Crippen LogP contribution in [0.4, 0.5) is 0 Å². The highest BCUT2D eigenvalue weighted by molar-refractivity contribution is 7.09. The molecule has 0 spiro atoms. The molecular weight excluding hydrogens is 446 g/mol. The molecule has 1 aromatic heterocycles. The molecule has 2 aliphatic heterocycles. The van der Waals surface area contributed by atoms with Crippen LogP contribution in [0.25, 0.3) is 0 Å². The minimum absolute atomic E-state index is 0.0721. The van der Waals surface area contributed by atoms with E-state index in [-0.39, 0.29) is 11.7 Å². The number of thiazole rings is 1. The second-order valence-electron chi connectivity index (χ2n) is 9.63. The van der Waals surface area contributed by atoms with Crippen LogP contribution in [0.1, 0.15) is 76.7 Å². The van der Waals surface area contributed by atoms with Gasteiger partial charge in [0.1, 0.15) is 11.4 Å². The first-order valence-corrected chi connectivity index (χ1v) is 13.4. The van der Waals surface area contributed by atoms with Crippen LogP contribution < -0.4 is 4.74 Å². The highest BCUT2D eigenvalue weighted by atomic mass is 32.1. The van der Waals surface area contributed by atoms with Gasteiger partial charge in [-0.2, -0.15) is 0 Å². The first kappa shape index (κ1) is 23.2. The number of ketones is 1. The molecule has 1 atom stereocenters. The van der Waals surface area contributed by atoms with Crippen LogP contribution >= 0.6 is 11.3 Å². The summed E-state index contributed by atoms with van der Waals surface area (Å²) in [5, 5.41) is 3.01. The van der Waals surface area contributed by atoms with Crippen molar-refractivity contribution in [1.29, 1.82) is 0 Å². The van der Waals surface area contributed by atoms with Crippen molar-refractivity contribution in [3.63, 3.8) is 0 Å². The predicted molar refractivity (Wildman–Crippen MR) is 134 cm³/mol. The van der Waals surface area contributed by atoms with E-state index in [0.717, 1.165) is 61.6 Å². The van der Waals surface area contributed by atoms with Crippen molar-refractivity contribution in [3.8, 4) is 5.75 Å². The Morgan fingerprint density at radius 2 is 1.79 bits per heavy atom. The molecule has 1 unspecified atom stereocenters. The van der Waals surface area contributed by atoms with E-state index < -0.39 is 0 Å². The van der Waals surface area contributed by atoms with E-state index in [4.69, 9.17) is 9.72 Å². The minimum Gasteiger partial charge on any atom is -0.497 e. The number of rotatable bonds is 6. The van der Waals surface area contributed by atoms with Crippen LogP contribution in [0.5, 0.6) is 5.75 Å². The number of nitrogens with zero attached hydrogens (tertiary/aromatic N) is 3. The molecule has 3 aliphatic rings. The molecule has 34 heavy (non-hydrogen) atoms. The molecule has 0 radical (unpaired) electrons. The number of piperidine rings is 2. The Balaban J connectivity index is 1.16. The van der Waals surface area contributed by atoms with Crippen LogP contribution in [0.15, 0.2) is 41.4 Å². The number of carbonyl (C=O) groups excluding carboxylic acids is 2. The summed E-state index contributed by atoms with van der Waals surface area (Å²) in [6.45, 7) is 2.99. The topological polar surface area (TPSA) is 62.7 Å². The summed E-state index contributed by atoms with van der Waals surface area (Å²) < 4.78 is 5.17. The number of amides is 1. The summed E-state index contributed by atoms with van der Waals surface area (Å²) in [4.78, 5) is 35.0. The molecular formula is C27H33N3O3S. The Hall–Kier alpha value is -2.51. The monoisotopic (exact) mass is 479 g/mol. The zero-order chi connectivity index (χ0) is 23.5. The maximum atomic E-state index is 13.3. The van der Waals surface area contributed by atoms with Gasteiger partial charge in [0.2, 0.25) is 0 Å². The van der Waals surface area contributed by atoms with Crippen molar-refractivity contribution in [1.82, 2.24) is 14.8 Å². The van der Waals surface area contributed by atoms with Gasteiger partial charge in [0.25, 0.3) is 5.91 Å². The zero-order valence-electron chi connectivity index (χ0n) is 19.9. The van der Waals surface area contributed by atoms with Crippen LogP contribution in [-0.4, -0.2) is 59.8 Å². The van der Waals surface area contributed by atoms with Crippen LogP contribution in [-0.2, 0) is 0 Å². The maximum Gasteiger partial charge on any atom is 0.277 e. The molecule has 7 heteroatoms. The number of methoxy groups -OCH3 is 1. The van der Waals surface area contributed by atoms with Gasteiger partial charge in [-0.25, -0.2) is 4.98 Å². The first-order chi connectivity index (χ1) is 16.6. The third-order valence-electron chi connectivity index (χ3n) is 7.48. The number of likely N-dealkylation sites (tertiary alicyclic amines) is 2. The molecule has 2 saturated heterocycles. The highest BCUT2D eigenvalue weighted by Gasteiger charge is 2.32. The Morgan fingerprint density at radius 1 is 1.03 bits per heavy atom. The van der Waals surface area contributed by atoms with E-state index in [2.05, 4.69) is 11.0 Å². The Kier molecular flexibility index (Phi) is 7.11. The number of allylic oxidation sites excluding steroid dienone is 2. The van der Waals surface area contributed by atoms with Gasteiger partial charge in [-0.1, -0.05) is 6.08 Å². The second kappa shape index (κ2) is 10.4. The fourth-order valence-electron chi connectivity index (χ4n) is 5.52. The van der Waals surface area contributed by atoms with E-state index in [0.29, 0.717) is 24.1 Å². The van der Waals surface area contributed by atoms with E-state index >= 15 is 0 Å². The molecule has 2 aromatic rings. The van der Waals surface area contributed by atoms with E-state index in [1.807, 2.05) is 34.5 Å². The average Bonchev–Trinajstić information content (AvgIpc) is 3.39. The van der Waals surface area contributed by atoms with Gasteiger partial charge in [0.15, 0.2) is 5.78 Å². The third-order valence-corrected chi connectivity index (χ3v) is 8.48. The summed E-state index contributed by atoms with van der Waals surface area (Å²) in [5.41, 5.74) is 2.56. The van der Waals surface area contributed by atoms with Crippen molar-refractivity contribution in [2.24, 2.45) is 5.92 Å². The van der Waals surface area contributed by atoms with E-state index in [9.17, 15) is 9.59 Å². The molecule has 0 bridgehead atoms. The van der Waals surface area contributed by atoms with Gasteiger partial charge in [-0.05, 0) is 88.2 Å².